The molecule has 0 radical (unpaired) electrons. The van der Waals surface area contributed by atoms with Crippen LogP contribution in [-0.4, -0.2) is 24.4 Å². The van der Waals surface area contributed by atoms with Gasteiger partial charge in [-0.25, -0.2) is 0 Å². The summed E-state index contributed by atoms with van der Waals surface area (Å²) in [5.41, 5.74) is 2.61. The molecular weight excluding hydrogens is 264 g/mol. The average molecular weight is 288 g/mol. The van der Waals surface area contributed by atoms with Crippen molar-refractivity contribution in [2.45, 2.75) is 76.2 Å². The van der Waals surface area contributed by atoms with E-state index in [2.05, 4.69) is 45.0 Å². The first-order chi connectivity index (χ1) is 10.1. The highest BCUT2D eigenvalue weighted by atomic mass is 16.7. The Bertz CT molecular complexity index is 537. The lowest BCUT2D eigenvalue weighted by molar-refractivity contribution is -0.263. The lowest BCUT2D eigenvalue weighted by Gasteiger charge is -2.41. The molecule has 1 aromatic carbocycles. The maximum atomic E-state index is 6.44. The van der Waals surface area contributed by atoms with Crippen molar-refractivity contribution in [2.24, 2.45) is 0 Å². The van der Waals surface area contributed by atoms with E-state index in [1.165, 1.54) is 11.1 Å². The van der Waals surface area contributed by atoms with Crippen molar-refractivity contribution in [1.29, 1.82) is 0 Å². The van der Waals surface area contributed by atoms with Crippen molar-refractivity contribution in [3.63, 3.8) is 0 Å². The topological polar surface area (TPSA) is 27.7 Å². The second-order valence-electron chi connectivity index (χ2n) is 6.82. The molecular formula is C18H24O3. The van der Waals surface area contributed by atoms with Crippen LogP contribution in [0.3, 0.4) is 0 Å². The highest BCUT2D eigenvalue weighted by molar-refractivity contribution is 5.41. The molecule has 2 bridgehead atoms. The molecule has 0 spiro atoms. The van der Waals surface area contributed by atoms with Gasteiger partial charge >= 0.3 is 0 Å². The maximum Gasteiger partial charge on any atom is 0.198 e. The summed E-state index contributed by atoms with van der Waals surface area (Å²) in [4.78, 5) is 0. The summed E-state index contributed by atoms with van der Waals surface area (Å²) in [6, 6.07) is 8.64. The Hall–Kier alpha value is -0.900. The molecule has 2 fully saturated rings. The van der Waals surface area contributed by atoms with E-state index < -0.39 is 5.79 Å². The number of hydrogen-bond donors (Lipinski definition) is 0. The van der Waals surface area contributed by atoms with Gasteiger partial charge in [0, 0.05) is 17.9 Å². The fourth-order valence-corrected chi connectivity index (χ4v) is 4.41. The second kappa shape index (κ2) is 4.80. The van der Waals surface area contributed by atoms with Gasteiger partial charge in [0.2, 0.25) is 0 Å². The first kappa shape index (κ1) is 13.7. The van der Waals surface area contributed by atoms with Crippen molar-refractivity contribution >= 4 is 0 Å². The van der Waals surface area contributed by atoms with Crippen LogP contribution < -0.4 is 0 Å². The quantitative estimate of drug-likeness (QED) is 0.845. The van der Waals surface area contributed by atoms with Crippen LogP contribution in [-0.2, 0) is 20.0 Å². The monoisotopic (exact) mass is 288 g/mol. The van der Waals surface area contributed by atoms with Crippen molar-refractivity contribution in [3.8, 4) is 0 Å². The Morgan fingerprint density at radius 2 is 2.14 bits per heavy atom. The fourth-order valence-electron chi connectivity index (χ4n) is 4.41. The van der Waals surface area contributed by atoms with Crippen molar-refractivity contribution in [2.75, 3.05) is 0 Å². The predicted octanol–water partition coefficient (Wildman–Crippen LogP) is 3.72. The number of benzene rings is 1. The van der Waals surface area contributed by atoms with E-state index in [0.29, 0.717) is 12.0 Å². The van der Waals surface area contributed by atoms with Gasteiger partial charge in [0.1, 0.15) is 0 Å². The normalized spacial score (nSPS) is 39.8. The fraction of sp³-hybridized carbons (Fsp3) is 0.667. The van der Waals surface area contributed by atoms with Crippen LogP contribution in [0.25, 0.3) is 0 Å². The first-order valence-corrected chi connectivity index (χ1v) is 8.25. The smallest absolute Gasteiger partial charge is 0.198 e. The van der Waals surface area contributed by atoms with Gasteiger partial charge in [-0.3, -0.25) is 0 Å². The number of rotatable bonds is 4. The Labute approximate surface area is 126 Å². The van der Waals surface area contributed by atoms with Crippen LogP contribution in [0.5, 0.6) is 0 Å². The molecule has 0 saturated carbocycles. The molecule has 1 unspecified atom stereocenters. The lowest BCUT2D eigenvalue weighted by Crippen LogP contribution is -2.41. The minimum atomic E-state index is -0.590. The molecule has 0 aliphatic carbocycles. The van der Waals surface area contributed by atoms with E-state index in [9.17, 15) is 0 Å². The molecule has 5 atom stereocenters. The Balaban J connectivity index is 1.80. The highest BCUT2D eigenvalue weighted by Gasteiger charge is 2.62. The zero-order valence-electron chi connectivity index (χ0n) is 13.0. The summed E-state index contributed by atoms with van der Waals surface area (Å²) in [7, 11) is 0. The Kier molecular flexibility index (Phi) is 3.14. The third-order valence-electron chi connectivity index (χ3n) is 5.00. The zero-order chi connectivity index (χ0) is 14.6. The summed E-state index contributed by atoms with van der Waals surface area (Å²) in [6.45, 7) is 6.36. The predicted molar refractivity (Wildman–Crippen MR) is 80.1 cm³/mol. The Morgan fingerprint density at radius 3 is 2.90 bits per heavy atom. The van der Waals surface area contributed by atoms with Crippen molar-refractivity contribution < 1.29 is 14.2 Å². The van der Waals surface area contributed by atoms with Gasteiger partial charge in [-0.1, -0.05) is 37.6 Å². The molecule has 0 aromatic heterocycles. The number of ether oxygens (including phenoxy) is 3. The first-order valence-electron chi connectivity index (χ1n) is 8.25. The summed E-state index contributed by atoms with van der Waals surface area (Å²) in [5.74, 6) is -0.217. The standard InChI is InChI=1S/C18H24O3/c1-4-7-14-16-12-8-5-6-9-13(12)18(20-11(2)3)10-15(19-14)17(16)21-18/h5-6,8-9,11,14-17H,4,7,10H2,1-3H3/t14-,15?,16+,17-,18+/m1/s1. The molecule has 3 aliphatic heterocycles. The maximum absolute atomic E-state index is 6.44. The van der Waals surface area contributed by atoms with Gasteiger partial charge in [-0.2, -0.15) is 0 Å². The van der Waals surface area contributed by atoms with Gasteiger partial charge in [0.05, 0.1) is 24.4 Å². The van der Waals surface area contributed by atoms with E-state index in [1.54, 1.807) is 0 Å². The summed E-state index contributed by atoms with van der Waals surface area (Å²) < 4.78 is 19.0. The molecule has 4 rings (SSSR count). The zero-order valence-corrected chi connectivity index (χ0v) is 13.0. The summed E-state index contributed by atoms with van der Waals surface area (Å²) in [6.07, 6.45) is 3.85. The van der Waals surface area contributed by atoms with Crippen LogP contribution in [0.2, 0.25) is 0 Å². The van der Waals surface area contributed by atoms with Gasteiger partial charge < -0.3 is 14.2 Å². The molecule has 2 saturated heterocycles. The number of hydrogen-bond acceptors (Lipinski definition) is 3. The molecule has 3 nitrogen and oxygen atoms in total. The van der Waals surface area contributed by atoms with E-state index in [0.717, 1.165) is 19.3 Å². The summed E-state index contributed by atoms with van der Waals surface area (Å²) in [5, 5.41) is 0. The third-order valence-corrected chi connectivity index (χ3v) is 5.00. The van der Waals surface area contributed by atoms with E-state index >= 15 is 0 Å². The highest BCUT2D eigenvalue weighted by Crippen LogP contribution is 2.58. The molecule has 3 heterocycles. The average Bonchev–Trinajstić information content (AvgIpc) is 2.90. The van der Waals surface area contributed by atoms with Gasteiger partial charge in [-0.15, -0.1) is 0 Å². The van der Waals surface area contributed by atoms with E-state index in [-0.39, 0.29) is 18.3 Å². The van der Waals surface area contributed by atoms with Gasteiger partial charge in [-0.05, 0) is 25.8 Å². The van der Waals surface area contributed by atoms with Crippen molar-refractivity contribution in [1.82, 2.24) is 0 Å². The Morgan fingerprint density at radius 1 is 1.33 bits per heavy atom. The van der Waals surface area contributed by atoms with Gasteiger partial charge in [0.15, 0.2) is 5.79 Å². The SMILES string of the molecule is CCC[C@H]1OC2C[C@]3(OC(C)C)O[C@H]2[C@H]1c1ccccc13. The number of fused-ring (bicyclic) bond motifs is 4. The molecule has 1 aromatic rings. The van der Waals surface area contributed by atoms with Crippen LogP contribution in [0.4, 0.5) is 0 Å². The molecule has 3 heteroatoms. The minimum Gasteiger partial charge on any atom is -0.371 e. The third kappa shape index (κ3) is 1.91. The molecule has 3 aliphatic rings. The molecule has 0 amide bonds. The molecule has 21 heavy (non-hydrogen) atoms. The van der Waals surface area contributed by atoms with Crippen LogP contribution >= 0.6 is 0 Å². The summed E-state index contributed by atoms with van der Waals surface area (Å²) >= 11 is 0. The van der Waals surface area contributed by atoms with Crippen molar-refractivity contribution in [3.05, 3.63) is 35.4 Å². The van der Waals surface area contributed by atoms with Crippen LogP contribution in [0.15, 0.2) is 24.3 Å². The van der Waals surface area contributed by atoms with Crippen LogP contribution in [0.1, 0.15) is 57.1 Å². The minimum absolute atomic E-state index is 0.139. The van der Waals surface area contributed by atoms with E-state index in [1.807, 2.05) is 0 Å². The lowest BCUT2D eigenvalue weighted by atomic mass is 9.83. The largest absolute Gasteiger partial charge is 0.371 e. The molecule has 0 N–H and O–H groups in total. The van der Waals surface area contributed by atoms with E-state index in [4.69, 9.17) is 14.2 Å². The molecule has 114 valence electrons. The van der Waals surface area contributed by atoms with Crippen LogP contribution in [0, 0.1) is 0 Å². The second-order valence-corrected chi connectivity index (χ2v) is 6.82. The van der Waals surface area contributed by atoms with Gasteiger partial charge in [0.25, 0.3) is 0 Å².